The van der Waals surface area contributed by atoms with E-state index in [1.54, 1.807) is 12.0 Å². The van der Waals surface area contributed by atoms with Gasteiger partial charge in [-0.3, -0.25) is 4.90 Å². The number of benzene rings is 3. The predicted octanol–water partition coefficient (Wildman–Crippen LogP) is 6.37. The second kappa shape index (κ2) is 9.34. The Morgan fingerprint density at radius 3 is 2.39 bits per heavy atom. The molecule has 0 bridgehead atoms. The monoisotopic (exact) mass is 480 g/mol. The Morgan fingerprint density at radius 1 is 0.917 bits per heavy atom. The van der Waals surface area contributed by atoms with Gasteiger partial charge in [-0.15, -0.1) is 0 Å². The third-order valence-corrected chi connectivity index (χ3v) is 6.31. The molecule has 0 saturated heterocycles. The SMILES string of the molecule is COc1cccc(C2NC(=O)N(c3cc(C)cc(C)c3)C(C)=C2c2nc(-c3cccc(C)c3)no2)c1. The van der Waals surface area contributed by atoms with Crippen molar-refractivity contribution in [3.8, 4) is 17.1 Å². The molecule has 1 unspecified atom stereocenters. The van der Waals surface area contributed by atoms with Crippen molar-refractivity contribution in [3.63, 3.8) is 0 Å². The van der Waals surface area contributed by atoms with E-state index >= 15 is 0 Å². The molecule has 0 spiro atoms. The average Bonchev–Trinajstić information content (AvgIpc) is 3.33. The molecule has 3 aromatic carbocycles. The molecule has 1 aliphatic rings. The van der Waals surface area contributed by atoms with Crippen LogP contribution in [-0.2, 0) is 0 Å². The van der Waals surface area contributed by atoms with Crippen LogP contribution in [0.15, 0.2) is 77.0 Å². The quantitative estimate of drug-likeness (QED) is 0.359. The van der Waals surface area contributed by atoms with Crippen molar-refractivity contribution in [1.82, 2.24) is 15.5 Å². The molecule has 7 heteroatoms. The molecule has 0 saturated carbocycles. The van der Waals surface area contributed by atoms with Crippen molar-refractivity contribution in [3.05, 3.63) is 101 Å². The Morgan fingerprint density at radius 2 is 1.67 bits per heavy atom. The number of hydrogen-bond donors (Lipinski definition) is 1. The maximum absolute atomic E-state index is 13.5. The van der Waals surface area contributed by atoms with E-state index in [1.807, 2.05) is 88.4 Å². The smallest absolute Gasteiger partial charge is 0.326 e. The summed E-state index contributed by atoms with van der Waals surface area (Å²) in [5, 5.41) is 7.42. The number of nitrogens with one attached hydrogen (secondary N) is 1. The van der Waals surface area contributed by atoms with Crippen LogP contribution >= 0.6 is 0 Å². The molecule has 1 aliphatic heterocycles. The van der Waals surface area contributed by atoms with Gasteiger partial charge >= 0.3 is 6.03 Å². The fourth-order valence-corrected chi connectivity index (χ4v) is 4.72. The highest BCUT2D eigenvalue weighted by Crippen LogP contribution is 2.40. The van der Waals surface area contributed by atoms with Crippen LogP contribution in [0.5, 0.6) is 5.75 Å². The van der Waals surface area contributed by atoms with Gasteiger partial charge in [0.05, 0.1) is 24.4 Å². The summed E-state index contributed by atoms with van der Waals surface area (Å²) in [5.74, 6) is 1.54. The summed E-state index contributed by atoms with van der Waals surface area (Å²) in [6.45, 7) is 7.97. The van der Waals surface area contributed by atoms with Crippen LogP contribution in [0.2, 0.25) is 0 Å². The molecule has 4 aromatic rings. The maximum atomic E-state index is 13.5. The van der Waals surface area contributed by atoms with Gasteiger partial charge in [-0.25, -0.2) is 4.79 Å². The summed E-state index contributed by atoms with van der Waals surface area (Å²) in [6, 6.07) is 20.9. The van der Waals surface area contributed by atoms with Crippen molar-refractivity contribution in [2.45, 2.75) is 33.7 Å². The van der Waals surface area contributed by atoms with Crippen molar-refractivity contribution < 1.29 is 14.1 Å². The minimum atomic E-state index is -0.499. The zero-order valence-electron chi connectivity index (χ0n) is 21.0. The number of methoxy groups -OCH3 is 1. The molecule has 0 radical (unpaired) electrons. The third kappa shape index (κ3) is 4.35. The van der Waals surface area contributed by atoms with Crippen LogP contribution in [0.3, 0.4) is 0 Å². The number of rotatable bonds is 5. The van der Waals surface area contributed by atoms with Crippen molar-refractivity contribution in [1.29, 1.82) is 0 Å². The molecule has 36 heavy (non-hydrogen) atoms. The summed E-state index contributed by atoms with van der Waals surface area (Å²) < 4.78 is 11.3. The molecule has 1 N–H and O–H groups in total. The molecule has 0 fully saturated rings. The summed E-state index contributed by atoms with van der Waals surface area (Å²) in [7, 11) is 1.62. The first-order chi connectivity index (χ1) is 17.3. The highest BCUT2D eigenvalue weighted by molar-refractivity contribution is 6.01. The molecule has 1 atom stereocenters. The number of ether oxygens (including phenoxy) is 1. The summed E-state index contributed by atoms with van der Waals surface area (Å²) in [6.07, 6.45) is 0. The number of carbonyl (C=O) groups excluding carboxylic acids is 1. The van der Waals surface area contributed by atoms with Crippen molar-refractivity contribution in [2.75, 3.05) is 12.0 Å². The van der Waals surface area contributed by atoms with Crippen LogP contribution < -0.4 is 15.0 Å². The van der Waals surface area contributed by atoms with Crippen LogP contribution in [-0.4, -0.2) is 23.3 Å². The van der Waals surface area contributed by atoms with Gasteiger partial charge in [0.25, 0.3) is 5.89 Å². The summed E-state index contributed by atoms with van der Waals surface area (Å²) >= 11 is 0. The number of allylic oxidation sites excluding steroid dienone is 1. The number of aryl methyl sites for hydroxylation is 3. The Hall–Kier alpha value is -4.39. The molecule has 5 rings (SSSR count). The minimum Gasteiger partial charge on any atom is -0.497 e. The lowest BCUT2D eigenvalue weighted by molar-refractivity contribution is 0.244. The lowest BCUT2D eigenvalue weighted by Crippen LogP contribution is -2.46. The van der Waals surface area contributed by atoms with E-state index in [0.717, 1.165) is 44.8 Å². The molecule has 0 aliphatic carbocycles. The third-order valence-electron chi connectivity index (χ3n) is 6.31. The standard InChI is InChI=1S/C29H28N4O3/c1-17-8-6-10-22(13-17)27-31-28(36-32-27)25-20(4)33(23-14-18(2)12-19(3)15-23)29(34)30-26(25)21-9-7-11-24(16-21)35-5/h6-16,26H,1-5H3,(H,30,34). The van der Waals surface area contributed by atoms with Gasteiger partial charge in [0.15, 0.2) is 0 Å². The largest absolute Gasteiger partial charge is 0.497 e. The van der Waals surface area contributed by atoms with Crippen LogP contribution in [0, 0.1) is 20.8 Å². The van der Waals surface area contributed by atoms with Gasteiger partial charge in [-0.2, -0.15) is 4.98 Å². The first-order valence-electron chi connectivity index (χ1n) is 11.8. The maximum Gasteiger partial charge on any atom is 0.326 e. The van der Waals surface area contributed by atoms with Gasteiger partial charge < -0.3 is 14.6 Å². The topological polar surface area (TPSA) is 80.5 Å². The molecular formula is C29H28N4O3. The normalized spacial score (nSPS) is 15.8. The number of amides is 2. The predicted molar refractivity (Wildman–Crippen MR) is 140 cm³/mol. The second-order valence-corrected chi connectivity index (χ2v) is 9.13. The van der Waals surface area contributed by atoms with Crippen LogP contribution in [0.1, 0.15) is 41.1 Å². The number of urea groups is 1. The number of nitrogens with zero attached hydrogens (tertiary/aromatic N) is 3. The number of carbonyl (C=O) groups is 1. The molecule has 1 aromatic heterocycles. The van der Waals surface area contributed by atoms with Gasteiger partial charge in [-0.1, -0.05) is 47.1 Å². The van der Waals surface area contributed by atoms with E-state index in [-0.39, 0.29) is 6.03 Å². The number of anilines is 1. The Bertz CT molecular complexity index is 1470. The van der Waals surface area contributed by atoms with Gasteiger partial charge in [0, 0.05) is 11.3 Å². The summed E-state index contributed by atoms with van der Waals surface area (Å²) in [5.41, 5.74) is 7.20. The average molecular weight is 481 g/mol. The highest BCUT2D eigenvalue weighted by atomic mass is 16.5. The summed E-state index contributed by atoms with van der Waals surface area (Å²) in [4.78, 5) is 19.9. The molecule has 182 valence electrons. The van der Waals surface area contributed by atoms with E-state index in [2.05, 4.69) is 16.5 Å². The first kappa shape index (κ1) is 23.4. The number of hydrogen-bond acceptors (Lipinski definition) is 5. The fourth-order valence-electron chi connectivity index (χ4n) is 4.72. The van der Waals surface area contributed by atoms with E-state index in [4.69, 9.17) is 14.2 Å². The number of aromatic nitrogens is 2. The molecule has 7 nitrogen and oxygen atoms in total. The zero-order chi connectivity index (χ0) is 25.4. The van der Waals surface area contributed by atoms with Crippen molar-refractivity contribution >= 4 is 17.3 Å². The van der Waals surface area contributed by atoms with E-state index in [0.29, 0.717) is 17.5 Å². The zero-order valence-corrected chi connectivity index (χ0v) is 21.0. The first-order valence-corrected chi connectivity index (χ1v) is 11.8. The van der Waals surface area contributed by atoms with E-state index in [1.165, 1.54) is 0 Å². The van der Waals surface area contributed by atoms with Crippen LogP contribution in [0.4, 0.5) is 10.5 Å². The van der Waals surface area contributed by atoms with Gasteiger partial charge in [-0.05, 0) is 74.7 Å². The van der Waals surface area contributed by atoms with Gasteiger partial charge in [0.1, 0.15) is 5.75 Å². The lowest BCUT2D eigenvalue weighted by atomic mass is 9.94. The Kier molecular flexibility index (Phi) is 6.06. The fraction of sp³-hybridized carbons (Fsp3) is 0.207. The van der Waals surface area contributed by atoms with Crippen molar-refractivity contribution in [2.24, 2.45) is 0 Å². The van der Waals surface area contributed by atoms with Gasteiger partial charge in [0.2, 0.25) is 5.82 Å². The lowest BCUT2D eigenvalue weighted by Gasteiger charge is -2.35. The minimum absolute atomic E-state index is 0.229. The van der Waals surface area contributed by atoms with E-state index < -0.39 is 6.04 Å². The second-order valence-electron chi connectivity index (χ2n) is 9.13. The Balaban J connectivity index is 1.68. The van der Waals surface area contributed by atoms with Crippen LogP contribution in [0.25, 0.3) is 17.0 Å². The highest BCUT2D eigenvalue weighted by Gasteiger charge is 2.36. The molecule has 2 heterocycles. The molecular weight excluding hydrogens is 452 g/mol. The molecule has 2 amide bonds. The van der Waals surface area contributed by atoms with E-state index in [9.17, 15) is 4.79 Å². The Labute approximate surface area is 210 Å².